The Hall–Kier alpha value is -1.26. The molecule has 0 bridgehead atoms. The lowest BCUT2D eigenvalue weighted by atomic mass is 9.80. The second kappa shape index (κ2) is 5.62. The van der Waals surface area contributed by atoms with Crippen LogP contribution in [0.5, 0.6) is 0 Å². The van der Waals surface area contributed by atoms with Gasteiger partial charge in [-0.1, -0.05) is 29.3 Å². The predicted octanol–water partition coefficient (Wildman–Crippen LogP) is 3.32. The molecule has 108 valence electrons. The third kappa shape index (κ3) is 2.76. The van der Waals surface area contributed by atoms with E-state index in [9.17, 15) is 14.7 Å². The average Bonchev–Trinajstić information content (AvgIpc) is 2.39. The van der Waals surface area contributed by atoms with Gasteiger partial charge in [0, 0.05) is 13.1 Å². The highest BCUT2D eigenvalue weighted by Gasteiger charge is 2.38. The Kier molecular flexibility index (Phi) is 4.25. The Morgan fingerprint density at radius 3 is 2.15 bits per heavy atom. The first kappa shape index (κ1) is 15.1. The molecule has 0 atom stereocenters. The monoisotopic (exact) mass is 315 g/mol. The molecule has 1 aromatic rings. The van der Waals surface area contributed by atoms with Crippen LogP contribution in [0.3, 0.4) is 0 Å². The van der Waals surface area contributed by atoms with Crippen molar-refractivity contribution in [2.24, 2.45) is 5.41 Å². The van der Waals surface area contributed by atoms with E-state index in [-0.39, 0.29) is 11.5 Å². The topological polar surface area (TPSA) is 57.6 Å². The minimum Gasteiger partial charge on any atom is -0.481 e. The van der Waals surface area contributed by atoms with Crippen molar-refractivity contribution in [1.29, 1.82) is 0 Å². The van der Waals surface area contributed by atoms with Crippen molar-refractivity contribution < 1.29 is 14.7 Å². The standard InChI is InChI=1S/C14H15Cl2NO3/c1-14(13(19)20)5-7-17(8-6-14)12(18)11-9(15)3-2-4-10(11)16/h2-4H,5-8H2,1H3,(H,19,20). The summed E-state index contributed by atoms with van der Waals surface area (Å²) in [6, 6.07) is 4.91. The van der Waals surface area contributed by atoms with E-state index in [1.807, 2.05) is 0 Å². The highest BCUT2D eigenvalue weighted by Crippen LogP contribution is 2.33. The summed E-state index contributed by atoms with van der Waals surface area (Å²) in [5.74, 6) is -1.06. The van der Waals surface area contributed by atoms with Crippen LogP contribution in [0.25, 0.3) is 0 Å². The SMILES string of the molecule is CC1(C(=O)O)CCN(C(=O)c2c(Cl)cccc2Cl)CC1. The van der Waals surface area contributed by atoms with Gasteiger partial charge in [0.1, 0.15) is 0 Å². The second-order valence-electron chi connectivity index (χ2n) is 5.25. The van der Waals surface area contributed by atoms with E-state index in [0.717, 1.165) is 0 Å². The summed E-state index contributed by atoms with van der Waals surface area (Å²) in [5, 5.41) is 9.81. The maximum atomic E-state index is 12.4. The quantitative estimate of drug-likeness (QED) is 0.910. The van der Waals surface area contributed by atoms with E-state index in [0.29, 0.717) is 36.0 Å². The normalized spacial score (nSPS) is 17.9. The zero-order valence-corrected chi connectivity index (χ0v) is 12.5. The molecule has 1 heterocycles. The van der Waals surface area contributed by atoms with Gasteiger partial charge in [0.05, 0.1) is 21.0 Å². The number of carboxylic acid groups (broad SMARTS) is 1. The number of piperidine rings is 1. The number of benzene rings is 1. The first-order valence-electron chi connectivity index (χ1n) is 6.32. The Morgan fingerprint density at radius 1 is 1.20 bits per heavy atom. The van der Waals surface area contributed by atoms with Crippen LogP contribution in [-0.2, 0) is 4.79 Å². The van der Waals surface area contributed by atoms with Crippen molar-refractivity contribution >= 4 is 35.1 Å². The molecule has 0 aliphatic carbocycles. The maximum absolute atomic E-state index is 12.4. The number of carboxylic acids is 1. The van der Waals surface area contributed by atoms with Crippen LogP contribution in [0.2, 0.25) is 10.0 Å². The van der Waals surface area contributed by atoms with Crippen LogP contribution in [0.4, 0.5) is 0 Å². The van der Waals surface area contributed by atoms with Crippen molar-refractivity contribution in [3.63, 3.8) is 0 Å². The number of aliphatic carboxylic acids is 1. The number of rotatable bonds is 2. The molecule has 1 aliphatic rings. The molecule has 1 N–H and O–H groups in total. The third-order valence-corrected chi connectivity index (χ3v) is 4.48. The number of carbonyl (C=O) groups is 2. The van der Waals surface area contributed by atoms with Crippen LogP contribution in [0.15, 0.2) is 18.2 Å². The van der Waals surface area contributed by atoms with Crippen molar-refractivity contribution in [3.05, 3.63) is 33.8 Å². The van der Waals surface area contributed by atoms with Crippen LogP contribution in [-0.4, -0.2) is 35.0 Å². The number of hydrogen-bond donors (Lipinski definition) is 1. The van der Waals surface area contributed by atoms with Crippen molar-refractivity contribution in [3.8, 4) is 0 Å². The maximum Gasteiger partial charge on any atom is 0.309 e. The summed E-state index contributed by atoms with van der Waals surface area (Å²) in [5.41, 5.74) is -0.476. The molecule has 1 amide bonds. The Morgan fingerprint density at radius 2 is 1.70 bits per heavy atom. The first-order valence-corrected chi connectivity index (χ1v) is 7.07. The molecular weight excluding hydrogens is 301 g/mol. The van der Waals surface area contributed by atoms with Crippen molar-refractivity contribution in [2.75, 3.05) is 13.1 Å². The Bertz CT molecular complexity index is 531. The minimum atomic E-state index is -0.819. The molecule has 0 unspecified atom stereocenters. The fraction of sp³-hybridized carbons (Fsp3) is 0.429. The Labute approximate surface area is 127 Å². The molecule has 20 heavy (non-hydrogen) atoms. The van der Waals surface area contributed by atoms with Gasteiger partial charge in [-0.2, -0.15) is 0 Å². The molecule has 0 radical (unpaired) electrons. The lowest BCUT2D eigenvalue weighted by molar-refractivity contribution is -0.150. The second-order valence-corrected chi connectivity index (χ2v) is 6.07. The third-order valence-electron chi connectivity index (χ3n) is 3.85. The number of amides is 1. The minimum absolute atomic E-state index is 0.243. The molecule has 4 nitrogen and oxygen atoms in total. The molecule has 0 spiro atoms. The summed E-state index contributed by atoms with van der Waals surface area (Å²) in [6.07, 6.45) is 0.853. The zero-order chi connectivity index (χ0) is 14.9. The number of halogens is 2. The zero-order valence-electron chi connectivity index (χ0n) is 11.0. The fourth-order valence-corrected chi connectivity index (χ4v) is 2.84. The first-order chi connectivity index (χ1) is 9.35. The smallest absolute Gasteiger partial charge is 0.309 e. The molecule has 1 saturated heterocycles. The van der Waals surface area contributed by atoms with Gasteiger partial charge < -0.3 is 10.0 Å². The van der Waals surface area contributed by atoms with Crippen LogP contribution in [0, 0.1) is 5.41 Å². The van der Waals surface area contributed by atoms with Gasteiger partial charge >= 0.3 is 5.97 Å². The Balaban J connectivity index is 2.15. The largest absolute Gasteiger partial charge is 0.481 e. The molecule has 2 rings (SSSR count). The van der Waals surface area contributed by atoms with Gasteiger partial charge in [0.25, 0.3) is 5.91 Å². The van der Waals surface area contributed by atoms with E-state index in [4.69, 9.17) is 23.2 Å². The van der Waals surface area contributed by atoms with Crippen LogP contribution < -0.4 is 0 Å². The average molecular weight is 316 g/mol. The number of likely N-dealkylation sites (tertiary alicyclic amines) is 1. The van der Waals surface area contributed by atoms with Gasteiger partial charge in [-0.15, -0.1) is 0 Å². The summed E-state index contributed by atoms with van der Waals surface area (Å²) in [4.78, 5) is 25.2. The molecular formula is C14H15Cl2NO3. The van der Waals surface area contributed by atoms with Gasteiger partial charge in [-0.3, -0.25) is 9.59 Å². The molecule has 1 aromatic carbocycles. The van der Waals surface area contributed by atoms with Crippen LogP contribution >= 0.6 is 23.2 Å². The highest BCUT2D eigenvalue weighted by molar-refractivity contribution is 6.39. The van der Waals surface area contributed by atoms with E-state index < -0.39 is 11.4 Å². The number of nitrogens with zero attached hydrogens (tertiary/aromatic N) is 1. The molecule has 0 saturated carbocycles. The van der Waals surface area contributed by atoms with E-state index in [2.05, 4.69) is 0 Å². The summed E-state index contributed by atoms with van der Waals surface area (Å²) in [6.45, 7) is 2.49. The summed E-state index contributed by atoms with van der Waals surface area (Å²) < 4.78 is 0. The lowest BCUT2D eigenvalue weighted by Gasteiger charge is -2.36. The number of hydrogen-bond acceptors (Lipinski definition) is 2. The predicted molar refractivity (Wildman–Crippen MR) is 77.3 cm³/mol. The van der Waals surface area contributed by atoms with Gasteiger partial charge in [-0.05, 0) is 31.9 Å². The van der Waals surface area contributed by atoms with E-state index >= 15 is 0 Å². The lowest BCUT2D eigenvalue weighted by Crippen LogP contribution is -2.45. The highest BCUT2D eigenvalue weighted by atomic mass is 35.5. The van der Waals surface area contributed by atoms with Crippen molar-refractivity contribution in [1.82, 2.24) is 4.90 Å². The van der Waals surface area contributed by atoms with E-state index in [1.165, 1.54) is 0 Å². The molecule has 0 aromatic heterocycles. The molecule has 6 heteroatoms. The number of carbonyl (C=O) groups excluding carboxylic acids is 1. The summed E-state index contributed by atoms with van der Waals surface area (Å²) >= 11 is 12.0. The molecule has 1 fully saturated rings. The van der Waals surface area contributed by atoms with Gasteiger partial charge in [-0.25, -0.2) is 0 Å². The molecule has 1 aliphatic heterocycles. The van der Waals surface area contributed by atoms with E-state index in [1.54, 1.807) is 30.0 Å². The fourth-order valence-electron chi connectivity index (χ4n) is 2.28. The van der Waals surface area contributed by atoms with Gasteiger partial charge in [0.2, 0.25) is 0 Å². The van der Waals surface area contributed by atoms with Gasteiger partial charge in [0.15, 0.2) is 0 Å². The van der Waals surface area contributed by atoms with Crippen molar-refractivity contribution in [2.45, 2.75) is 19.8 Å². The van der Waals surface area contributed by atoms with Crippen LogP contribution in [0.1, 0.15) is 30.1 Å². The summed E-state index contributed by atoms with van der Waals surface area (Å²) in [7, 11) is 0.